The third-order valence-corrected chi connectivity index (χ3v) is 2.18. The third-order valence-electron chi connectivity index (χ3n) is 2.18. The Morgan fingerprint density at radius 2 is 2.06 bits per heavy atom. The largest absolute Gasteiger partial charge is 0.445 e. The van der Waals surface area contributed by atoms with Crippen molar-refractivity contribution in [3.05, 3.63) is 42.5 Å². The van der Waals surface area contributed by atoms with Crippen molar-refractivity contribution >= 4 is 11.8 Å². The summed E-state index contributed by atoms with van der Waals surface area (Å²) in [6.45, 7) is 8.05. The third kappa shape index (κ3) is 5.20. The van der Waals surface area contributed by atoms with E-state index in [0.29, 0.717) is 5.92 Å². The number of amides is 1. The second kappa shape index (κ2) is 6.74. The van der Waals surface area contributed by atoms with Crippen molar-refractivity contribution in [2.75, 3.05) is 11.9 Å². The Morgan fingerprint density at radius 1 is 1.41 bits per heavy atom. The van der Waals surface area contributed by atoms with Gasteiger partial charge in [0.05, 0.1) is 0 Å². The molecule has 0 unspecified atom stereocenters. The average Bonchev–Trinajstić information content (AvgIpc) is 2.28. The molecule has 0 bridgehead atoms. The second-order valence-electron chi connectivity index (χ2n) is 4.31. The number of carbonyl (C=O) groups is 1. The standard InChI is InChI=1S/C14H19NO2/c1-4-9-17-14(16)15-13-7-5-12(6-8-13)10-11(2)3/h4-8,11H,1,9-10H2,2-3H3,(H,15,16). The van der Waals surface area contributed by atoms with Gasteiger partial charge in [-0.25, -0.2) is 4.79 Å². The molecule has 3 nitrogen and oxygen atoms in total. The molecule has 0 radical (unpaired) electrons. The summed E-state index contributed by atoms with van der Waals surface area (Å²) in [5.74, 6) is 0.631. The van der Waals surface area contributed by atoms with Crippen molar-refractivity contribution in [2.24, 2.45) is 5.92 Å². The van der Waals surface area contributed by atoms with E-state index in [4.69, 9.17) is 4.74 Å². The highest BCUT2D eigenvalue weighted by molar-refractivity contribution is 5.84. The molecule has 0 fully saturated rings. The van der Waals surface area contributed by atoms with E-state index >= 15 is 0 Å². The maximum Gasteiger partial charge on any atom is 0.411 e. The SMILES string of the molecule is C=CCOC(=O)Nc1ccc(CC(C)C)cc1. The molecular formula is C14H19NO2. The van der Waals surface area contributed by atoms with Gasteiger partial charge in [0.1, 0.15) is 6.61 Å². The lowest BCUT2D eigenvalue weighted by Crippen LogP contribution is -2.13. The van der Waals surface area contributed by atoms with Crippen LogP contribution in [0.25, 0.3) is 0 Å². The van der Waals surface area contributed by atoms with Crippen molar-refractivity contribution < 1.29 is 9.53 Å². The van der Waals surface area contributed by atoms with Crippen LogP contribution in [0.15, 0.2) is 36.9 Å². The quantitative estimate of drug-likeness (QED) is 0.789. The van der Waals surface area contributed by atoms with Crippen LogP contribution in [0.1, 0.15) is 19.4 Å². The Labute approximate surface area is 102 Å². The molecule has 0 aliphatic rings. The predicted molar refractivity (Wildman–Crippen MR) is 70.2 cm³/mol. The molecule has 3 heteroatoms. The first-order valence-electron chi connectivity index (χ1n) is 5.75. The van der Waals surface area contributed by atoms with E-state index in [2.05, 4.69) is 25.7 Å². The zero-order valence-electron chi connectivity index (χ0n) is 10.4. The number of hydrogen-bond donors (Lipinski definition) is 1. The Balaban J connectivity index is 2.50. The topological polar surface area (TPSA) is 38.3 Å². The van der Waals surface area contributed by atoms with Crippen LogP contribution in [0.2, 0.25) is 0 Å². The van der Waals surface area contributed by atoms with Crippen molar-refractivity contribution in [3.8, 4) is 0 Å². The molecule has 0 aliphatic heterocycles. The highest BCUT2D eigenvalue weighted by atomic mass is 16.5. The molecular weight excluding hydrogens is 214 g/mol. The molecule has 0 spiro atoms. The van der Waals surface area contributed by atoms with Crippen molar-refractivity contribution in [1.82, 2.24) is 0 Å². The van der Waals surface area contributed by atoms with Gasteiger partial charge in [0.25, 0.3) is 0 Å². The Morgan fingerprint density at radius 3 is 2.59 bits per heavy atom. The molecule has 1 amide bonds. The number of benzene rings is 1. The van der Waals surface area contributed by atoms with Crippen LogP contribution in [0.5, 0.6) is 0 Å². The predicted octanol–water partition coefficient (Wildman–Crippen LogP) is 3.62. The average molecular weight is 233 g/mol. The summed E-state index contributed by atoms with van der Waals surface area (Å²) in [5, 5.41) is 2.65. The number of nitrogens with one attached hydrogen (secondary N) is 1. The van der Waals surface area contributed by atoms with Crippen LogP contribution < -0.4 is 5.32 Å². The van der Waals surface area contributed by atoms with E-state index < -0.39 is 6.09 Å². The Bertz CT molecular complexity index is 368. The molecule has 0 saturated carbocycles. The molecule has 0 atom stereocenters. The van der Waals surface area contributed by atoms with Crippen LogP contribution in [0.3, 0.4) is 0 Å². The summed E-state index contributed by atoms with van der Waals surface area (Å²) < 4.78 is 4.82. The summed E-state index contributed by atoms with van der Waals surface area (Å²) >= 11 is 0. The normalized spacial score (nSPS) is 10.1. The van der Waals surface area contributed by atoms with E-state index in [1.54, 1.807) is 0 Å². The van der Waals surface area contributed by atoms with Crippen molar-refractivity contribution in [2.45, 2.75) is 20.3 Å². The van der Waals surface area contributed by atoms with E-state index in [-0.39, 0.29) is 6.61 Å². The Kier molecular flexibility index (Phi) is 5.27. The molecule has 1 aromatic rings. The lowest BCUT2D eigenvalue weighted by atomic mass is 10.0. The van der Waals surface area contributed by atoms with Gasteiger partial charge >= 0.3 is 6.09 Å². The lowest BCUT2D eigenvalue weighted by molar-refractivity contribution is 0.174. The molecule has 0 heterocycles. The summed E-state index contributed by atoms with van der Waals surface area (Å²) in [6.07, 6.45) is 2.12. The van der Waals surface area contributed by atoms with Gasteiger partial charge in [0, 0.05) is 5.69 Å². The molecule has 92 valence electrons. The smallest absolute Gasteiger partial charge is 0.411 e. The van der Waals surface area contributed by atoms with Crippen LogP contribution in [0, 0.1) is 5.92 Å². The minimum Gasteiger partial charge on any atom is -0.445 e. The van der Waals surface area contributed by atoms with Gasteiger partial charge < -0.3 is 4.74 Å². The van der Waals surface area contributed by atoms with Gasteiger partial charge in [0.2, 0.25) is 0 Å². The number of ether oxygens (including phenoxy) is 1. The molecule has 0 aliphatic carbocycles. The van der Waals surface area contributed by atoms with E-state index in [9.17, 15) is 4.79 Å². The maximum atomic E-state index is 11.3. The summed E-state index contributed by atoms with van der Waals surface area (Å²) in [7, 11) is 0. The van der Waals surface area contributed by atoms with Gasteiger partial charge in [-0.3, -0.25) is 5.32 Å². The zero-order valence-corrected chi connectivity index (χ0v) is 10.4. The molecule has 17 heavy (non-hydrogen) atoms. The van der Waals surface area contributed by atoms with E-state index in [1.807, 2.05) is 24.3 Å². The maximum absolute atomic E-state index is 11.3. The molecule has 1 aromatic carbocycles. The zero-order chi connectivity index (χ0) is 12.7. The summed E-state index contributed by atoms with van der Waals surface area (Å²) in [6, 6.07) is 7.80. The van der Waals surface area contributed by atoms with Crippen LogP contribution in [-0.4, -0.2) is 12.7 Å². The van der Waals surface area contributed by atoms with Gasteiger partial charge in [-0.1, -0.05) is 38.6 Å². The first-order chi connectivity index (χ1) is 8.11. The van der Waals surface area contributed by atoms with Crippen LogP contribution >= 0.6 is 0 Å². The highest BCUT2D eigenvalue weighted by Gasteiger charge is 2.02. The van der Waals surface area contributed by atoms with Gasteiger partial charge in [0.15, 0.2) is 0 Å². The fourth-order valence-electron chi connectivity index (χ4n) is 1.48. The van der Waals surface area contributed by atoms with Crippen molar-refractivity contribution in [3.63, 3.8) is 0 Å². The minimum atomic E-state index is -0.457. The van der Waals surface area contributed by atoms with Crippen LogP contribution in [-0.2, 0) is 11.2 Å². The van der Waals surface area contributed by atoms with E-state index in [0.717, 1.165) is 12.1 Å². The lowest BCUT2D eigenvalue weighted by Gasteiger charge is -2.07. The number of anilines is 1. The van der Waals surface area contributed by atoms with Crippen molar-refractivity contribution in [1.29, 1.82) is 0 Å². The molecule has 1 N–H and O–H groups in total. The second-order valence-corrected chi connectivity index (χ2v) is 4.31. The fourth-order valence-corrected chi connectivity index (χ4v) is 1.48. The summed E-state index contributed by atoms with van der Waals surface area (Å²) in [5.41, 5.74) is 2.01. The van der Waals surface area contributed by atoms with Gasteiger partial charge in [-0.2, -0.15) is 0 Å². The number of rotatable bonds is 5. The van der Waals surface area contributed by atoms with Gasteiger partial charge in [-0.05, 0) is 30.0 Å². The molecule has 0 saturated heterocycles. The number of hydrogen-bond acceptors (Lipinski definition) is 2. The van der Waals surface area contributed by atoms with Gasteiger partial charge in [-0.15, -0.1) is 0 Å². The first kappa shape index (κ1) is 13.3. The Hall–Kier alpha value is -1.77. The minimum absolute atomic E-state index is 0.220. The molecule has 1 rings (SSSR count). The number of carbonyl (C=O) groups excluding carboxylic acids is 1. The fraction of sp³-hybridized carbons (Fsp3) is 0.357. The highest BCUT2D eigenvalue weighted by Crippen LogP contribution is 2.13. The molecule has 0 aromatic heterocycles. The van der Waals surface area contributed by atoms with Crippen LogP contribution in [0.4, 0.5) is 10.5 Å². The monoisotopic (exact) mass is 233 g/mol. The van der Waals surface area contributed by atoms with E-state index in [1.165, 1.54) is 11.6 Å². The summed E-state index contributed by atoms with van der Waals surface area (Å²) in [4.78, 5) is 11.3. The first-order valence-corrected chi connectivity index (χ1v) is 5.75.